The lowest BCUT2D eigenvalue weighted by molar-refractivity contribution is 0.0697. The minimum atomic E-state index is -0.934. The molecule has 0 atom stereocenters. The molecule has 126 valence electrons. The third kappa shape index (κ3) is 4.61. The molecule has 0 amide bonds. The highest BCUT2D eigenvalue weighted by molar-refractivity contribution is 5.87. The van der Waals surface area contributed by atoms with Crippen molar-refractivity contribution in [1.29, 1.82) is 0 Å². The first-order valence-electron chi connectivity index (χ1n) is 7.90. The van der Waals surface area contributed by atoms with Gasteiger partial charge in [0.25, 0.3) is 0 Å². The van der Waals surface area contributed by atoms with Crippen LogP contribution in [0.3, 0.4) is 0 Å². The fourth-order valence-corrected chi connectivity index (χ4v) is 2.26. The van der Waals surface area contributed by atoms with E-state index in [1.807, 2.05) is 55.5 Å². The van der Waals surface area contributed by atoms with Crippen molar-refractivity contribution in [2.24, 2.45) is 0 Å². The first kappa shape index (κ1) is 16.6. The second-order valence-corrected chi connectivity index (χ2v) is 5.68. The Morgan fingerprint density at radius 3 is 1.88 bits per heavy atom. The summed E-state index contributed by atoms with van der Waals surface area (Å²) in [5.41, 5.74) is 2.36. The molecule has 0 spiro atoms. The van der Waals surface area contributed by atoms with E-state index in [1.165, 1.54) is 5.56 Å². The molecule has 0 radical (unpaired) electrons. The van der Waals surface area contributed by atoms with Gasteiger partial charge in [-0.3, -0.25) is 0 Å². The number of aryl methyl sites for hydroxylation is 1. The third-order valence-corrected chi connectivity index (χ3v) is 3.69. The van der Waals surface area contributed by atoms with Crippen LogP contribution in [0.2, 0.25) is 0 Å². The SMILES string of the molecule is Cc1ccc(Oc2ccc(OCc3ccc(C(=O)O)cc3)cc2)cc1. The van der Waals surface area contributed by atoms with E-state index in [9.17, 15) is 4.79 Å². The van der Waals surface area contributed by atoms with Gasteiger partial charge in [-0.15, -0.1) is 0 Å². The molecule has 3 rings (SSSR count). The molecule has 1 N–H and O–H groups in total. The van der Waals surface area contributed by atoms with Gasteiger partial charge in [-0.1, -0.05) is 29.8 Å². The number of carboxylic acids is 1. The number of carboxylic acid groups (broad SMARTS) is 1. The molecule has 0 heterocycles. The molecule has 3 aromatic carbocycles. The average molecular weight is 334 g/mol. The molecule has 4 heteroatoms. The highest BCUT2D eigenvalue weighted by atomic mass is 16.5. The molecule has 3 aromatic rings. The predicted octanol–water partition coefficient (Wildman–Crippen LogP) is 5.06. The molecule has 0 aromatic heterocycles. The van der Waals surface area contributed by atoms with Crippen LogP contribution in [0.25, 0.3) is 0 Å². The van der Waals surface area contributed by atoms with E-state index >= 15 is 0 Å². The van der Waals surface area contributed by atoms with Crippen LogP contribution in [-0.2, 0) is 6.61 Å². The summed E-state index contributed by atoms with van der Waals surface area (Å²) < 4.78 is 11.5. The summed E-state index contributed by atoms with van der Waals surface area (Å²) in [4.78, 5) is 10.8. The van der Waals surface area contributed by atoms with Crippen molar-refractivity contribution in [2.45, 2.75) is 13.5 Å². The standard InChI is InChI=1S/C21H18O4/c1-15-2-8-19(9-3-15)25-20-12-10-18(11-13-20)24-14-16-4-6-17(7-5-16)21(22)23/h2-13H,14H2,1H3,(H,22,23). The van der Waals surface area contributed by atoms with Crippen LogP contribution < -0.4 is 9.47 Å². The van der Waals surface area contributed by atoms with Gasteiger partial charge in [0.1, 0.15) is 23.9 Å². The Labute approximate surface area is 146 Å². The van der Waals surface area contributed by atoms with Crippen LogP contribution in [0, 0.1) is 6.92 Å². The van der Waals surface area contributed by atoms with Gasteiger partial charge in [0, 0.05) is 0 Å². The fraction of sp³-hybridized carbons (Fsp3) is 0.0952. The van der Waals surface area contributed by atoms with Gasteiger partial charge in [-0.25, -0.2) is 4.79 Å². The lowest BCUT2D eigenvalue weighted by Gasteiger charge is -2.09. The molecule has 4 nitrogen and oxygen atoms in total. The fourth-order valence-electron chi connectivity index (χ4n) is 2.26. The molecule has 0 aliphatic carbocycles. The van der Waals surface area contributed by atoms with Crippen LogP contribution in [0.15, 0.2) is 72.8 Å². The molecular weight excluding hydrogens is 316 g/mol. The van der Waals surface area contributed by atoms with Crippen molar-refractivity contribution < 1.29 is 19.4 Å². The zero-order valence-electron chi connectivity index (χ0n) is 13.8. The van der Waals surface area contributed by atoms with Crippen LogP contribution in [0.5, 0.6) is 17.2 Å². The Morgan fingerprint density at radius 2 is 1.32 bits per heavy atom. The molecule has 0 saturated carbocycles. The molecule has 0 fully saturated rings. The zero-order valence-corrected chi connectivity index (χ0v) is 13.8. The summed E-state index contributed by atoms with van der Waals surface area (Å²) in [6, 6.07) is 21.9. The number of hydrogen-bond acceptors (Lipinski definition) is 3. The maximum Gasteiger partial charge on any atom is 0.335 e. The topological polar surface area (TPSA) is 55.8 Å². The van der Waals surface area contributed by atoms with Gasteiger partial charge in [-0.05, 0) is 61.0 Å². The molecule has 0 aliphatic heterocycles. The van der Waals surface area contributed by atoms with E-state index in [0.29, 0.717) is 6.61 Å². The monoisotopic (exact) mass is 334 g/mol. The Morgan fingerprint density at radius 1 is 0.800 bits per heavy atom. The van der Waals surface area contributed by atoms with Gasteiger partial charge in [0.2, 0.25) is 0 Å². The predicted molar refractivity (Wildman–Crippen MR) is 95.4 cm³/mol. The zero-order chi connectivity index (χ0) is 17.6. The summed E-state index contributed by atoms with van der Waals surface area (Å²) in [5, 5.41) is 8.89. The van der Waals surface area contributed by atoms with E-state index in [4.69, 9.17) is 14.6 Å². The van der Waals surface area contributed by atoms with Crippen LogP contribution in [0.1, 0.15) is 21.5 Å². The Kier molecular flexibility index (Phi) is 5.00. The second kappa shape index (κ2) is 7.53. The summed E-state index contributed by atoms with van der Waals surface area (Å²) in [6.07, 6.45) is 0. The first-order valence-corrected chi connectivity index (χ1v) is 7.90. The lowest BCUT2D eigenvalue weighted by atomic mass is 10.1. The highest BCUT2D eigenvalue weighted by Crippen LogP contribution is 2.24. The summed E-state index contributed by atoms with van der Waals surface area (Å²) in [6.45, 7) is 2.41. The van der Waals surface area contributed by atoms with Crippen molar-refractivity contribution in [3.8, 4) is 17.2 Å². The van der Waals surface area contributed by atoms with Crippen molar-refractivity contribution in [2.75, 3.05) is 0 Å². The number of benzene rings is 3. The van der Waals surface area contributed by atoms with Gasteiger partial charge >= 0.3 is 5.97 Å². The largest absolute Gasteiger partial charge is 0.489 e. The Bertz CT molecular complexity index is 835. The lowest BCUT2D eigenvalue weighted by Crippen LogP contribution is -1.98. The third-order valence-electron chi connectivity index (χ3n) is 3.69. The number of hydrogen-bond donors (Lipinski definition) is 1. The van der Waals surface area contributed by atoms with Crippen LogP contribution in [0.4, 0.5) is 0 Å². The molecule has 0 bridgehead atoms. The number of carbonyl (C=O) groups is 1. The Hall–Kier alpha value is -3.27. The number of ether oxygens (including phenoxy) is 2. The van der Waals surface area contributed by atoms with Crippen LogP contribution in [-0.4, -0.2) is 11.1 Å². The van der Waals surface area contributed by atoms with E-state index < -0.39 is 5.97 Å². The van der Waals surface area contributed by atoms with E-state index in [2.05, 4.69) is 0 Å². The number of rotatable bonds is 6. The van der Waals surface area contributed by atoms with E-state index in [0.717, 1.165) is 22.8 Å². The smallest absolute Gasteiger partial charge is 0.335 e. The van der Waals surface area contributed by atoms with Crippen molar-refractivity contribution in [3.05, 3.63) is 89.5 Å². The molecule has 0 unspecified atom stereocenters. The number of aromatic carboxylic acids is 1. The van der Waals surface area contributed by atoms with Gasteiger partial charge in [0.15, 0.2) is 0 Å². The summed E-state index contributed by atoms with van der Waals surface area (Å²) in [5.74, 6) is 1.31. The van der Waals surface area contributed by atoms with Crippen molar-refractivity contribution in [1.82, 2.24) is 0 Å². The normalized spacial score (nSPS) is 10.3. The maximum atomic E-state index is 10.8. The van der Waals surface area contributed by atoms with Crippen molar-refractivity contribution in [3.63, 3.8) is 0 Å². The summed E-state index contributed by atoms with van der Waals surface area (Å²) in [7, 11) is 0. The summed E-state index contributed by atoms with van der Waals surface area (Å²) >= 11 is 0. The highest BCUT2D eigenvalue weighted by Gasteiger charge is 2.03. The average Bonchev–Trinajstić information content (AvgIpc) is 2.63. The molecule has 0 saturated heterocycles. The minimum absolute atomic E-state index is 0.265. The first-order chi connectivity index (χ1) is 12.1. The van der Waals surface area contributed by atoms with Crippen molar-refractivity contribution >= 4 is 5.97 Å². The van der Waals surface area contributed by atoms with Gasteiger partial charge in [-0.2, -0.15) is 0 Å². The molecular formula is C21H18O4. The Balaban J connectivity index is 1.57. The molecule has 25 heavy (non-hydrogen) atoms. The molecule has 0 aliphatic rings. The second-order valence-electron chi connectivity index (χ2n) is 5.68. The van der Waals surface area contributed by atoms with E-state index in [1.54, 1.807) is 24.3 Å². The minimum Gasteiger partial charge on any atom is -0.489 e. The maximum absolute atomic E-state index is 10.8. The van der Waals surface area contributed by atoms with Gasteiger partial charge in [0.05, 0.1) is 5.56 Å². The van der Waals surface area contributed by atoms with E-state index in [-0.39, 0.29) is 5.56 Å². The van der Waals surface area contributed by atoms with Gasteiger partial charge < -0.3 is 14.6 Å². The van der Waals surface area contributed by atoms with Crippen LogP contribution >= 0.6 is 0 Å². The quantitative estimate of drug-likeness (QED) is 0.684.